The van der Waals surface area contributed by atoms with Crippen molar-refractivity contribution in [3.63, 3.8) is 0 Å². The van der Waals surface area contributed by atoms with Crippen LogP contribution in [0.3, 0.4) is 0 Å². The molecule has 0 aromatic heterocycles. The third-order valence-corrected chi connectivity index (χ3v) is 4.98. The van der Waals surface area contributed by atoms with Crippen molar-refractivity contribution >= 4 is 23.1 Å². The largest absolute Gasteiger partial charge is 0.393 e. The Morgan fingerprint density at radius 1 is 1.25 bits per heavy atom. The summed E-state index contributed by atoms with van der Waals surface area (Å²) in [7, 11) is 0. The van der Waals surface area contributed by atoms with Gasteiger partial charge in [0.1, 0.15) is 0 Å². The Morgan fingerprint density at radius 2 is 1.85 bits per heavy atom. The molecule has 114 valence electrons. The second-order valence-corrected chi connectivity index (χ2v) is 6.61. The van der Waals surface area contributed by atoms with E-state index in [1.165, 1.54) is 32.5 Å². The van der Waals surface area contributed by atoms with Gasteiger partial charge in [-0.05, 0) is 51.1 Å². The summed E-state index contributed by atoms with van der Waals surface area (Å²) in [5.41, 5.74) is 5.67. The first kappa shape index (κ1) is 15.7. The quantitative estimate of drug-likeness (QED) is 0.784. The molecule has 0 radical (unpaired) electrons. The molecule has 0 bridgehead atoms. The van der Waals surface area contributed by atoms with Gasteiger partial charge < -0.3 is 15.5 Å². The normalized spacial score (nSPS) is 22.9. The van der Waals surface area contributed by atoms with Crippen LogP contribution < -0.4 is 5.73 Å². The van der Waals surface area contributed by atoms with Crippen LogP contribution in [0.5, 0.6) is 0 Å². The number of carbonyl (C=O) groups excluding carboxylic acids is 1. The predicted octanol–water partition coefficient (Wildman–Crippen LogP) is 1.63. The lowest BCUT2D eigenvalue weighted by Gasteiger charge is -2.35. The van der Waals surface area contributed by atoms with Crippen molar-refractivity contribution in [1.82, 2.24) is 9.80 Å². The molecule has 2 aliphatic heterocycles. The third kappa shape index (κ3) is 3.92. The van der Waals surface area contributed by atoms with Gasteiger partial charge >= 0.3 is 0 Å². The zero-order chi connectivity index (χ0) is 14.5. The fraction of sp³-hybridized carbons (Fsp3) is 0.867. The molecule has 0 saturated carbocycles. The van der Waals surface area contributed by atoms with Gasteiger partial charge in [0.05, 0.1) is 10.9 Å². The molecule has 2 heterocycles. The number of nitrogens with two attached hydrogens (primary N) is 1. The minimum Gasteiger partial charge on any atom is -0.393 e. The molecule has 0 aromatic carbocycles. The van der Waals surface area contributed by atoms with Crippen LogP contribution >= 0.6 is 12.2 Å². The fourth-order valence-electron chi connectivity index (χ4n) is 3.38. The number of piperidine rings is 1. The van der Waals surface area contributed by atoms with Gasteiger partial charge in [-0.2, -0.15) is 0 Å². The van der Waals surface area contributed by atoms with Crippen LogP contribution in [0.1, 0.15) is 39.0 Å². The lowest BCUT2D eigenvalue weighted by Crippen LogP contribution is -2.46. The summed E-state index contributed by atoms with van der Waals surface area (Å²) in [4.78, 5) is 17.3. The first-order valence-corrected chi connectivity index (χ1v) is 8.33. The lowest BCUT2D eigenvalue weighted by atomic mass is 9.94. The summed E-state index contributed by atoms with van der Waals surface area (Å²) in [5, 5.41) is 0. The summed E-state index contributed by atoms with van der Waals surface area (Å²) in [6, 6.07) is 0. The third-order valence-electron chi connectivity index (χ3n) is 4.69. The number of rotatable bonds is 5. The molecule has 20 heavy (non-hydrogen) atoms. The maximum absolute atomic E-state index is 12.4. The number of carbonyl (C=O) groups is 1. The molecule has 1 amide bonds. The molecule has 0 aliphatic carbocycles. The molecule has 2 saturated heterocycles. The minimum atomic E-state index is -0.264. The Bertz CT molecular complexity index is 347. The van der Waals surface area contributed by atoms with E-state index < -0.39 is 0 Å². The van der Waals surface area contributed by atoms with Crippen molar-refractivity contribution in [3.8, 4) is 0 Å². The molecule has 2 aliphatic rings. The van der Waals surface area contributed by atoms with Gasteiger partial charge in [0.15, 0.2) is 0 Å². The van der Waals surface area contributed by atoms with E-state index in [1.54, 1.807) is 0 Å². The van der Waals surface area contributed by atoms with Gasteiger partial charge in [-0.15, -0.1) is 0 Å². The molecule has 2 fully saturated rings. The number of thiocarbonyl (C=S) groups is 1. The van der Waals surface area contributed by atoms with Gasteiger partial charge in [0.25, 0.3) is 0 Å². The van der Waals surface area contributed by atoms with Crippen LogP contribution in [-0.2, 0) is 4.79 Å². The van der Waals surface area contributed by atoms with Gasteiger partial charge in [-0.25, -0.2) is 0 Å². The Balaban J connectivity index is 1.78. The van der Waals surface area contributed by atoms with Crippen molar-refractivity contribution < 1.29 is 4.79 Å². The van der Waals surface area contributed by atoms with Gasteiger partial charge in [-0.3, -0.25) is 4.79 Å². The number of nitrogens with zero attached hydrogens (tertiary/aromatic N) is 2. The summed E-state index contributed by atoms with van der Waals surface area (Å²) in [6.07, 6.45) is 5.65. The molecule has 1 unspecified atom stereocenters. The lowest BCUT2D eigenvalue weighted by molar-refractivity contribution is -0.134. The van der Waals surface area contributed by atoms with Crippen LogP contribution in [-0.4, -0.2) is 53.4 Å². The average Bonchev–Trinajstić information content (AvgIpc) is 2.92. The van der Waals surface area contributed by atoms with Crippen LogP contribution in [0, 0.1) is 11.8 Å². The Hall–Kier alpha value is -0.680. The maximum atomic E-state index is 12.4. The zero-order valence-corrected chi connectivity index (χ0v) is 13.3. The highest BCUT2D eigenvalue weighted by Crippen LogP contribution is 2.22. The molecule has 2 N–H and O–H groups in total. The SMILES string of the molecule is CCC(C(=O)N1CCC(CN2CCCC2)CC1)C(N)=S. The second kappa shape index (κ2) is 7.36. The van der Waals surface area contributed by atoms with Gasteiger partial charge in [0.2, 0.25) is 5.91 Å². The van der Waals surface area contributed by atoms with Gasteiger partial charge in [-0.1, -0.05) is 19.1 Å². The van der Waals surface area contributed by atoms with E-state index in [0.717, 1.165) is 31.8 Å². The highest BCUT2D eigenvalue weighted by Gasteiger charge is 2.29. The van der Waals surface area contributed by atoms with Gasteiger partial charge in [0, 0.05) is 19.6 Å². The molecule has 2 rings (SSSR count). The maximum Gasteiger partial charge on any atom is 0.232 e. The van der Waals surface area contributed by atoms with E-state index in [0.29, 0.717) is 11.4 Å². The van der Waals surface area contributed by atoms with Crippen LogP contribution in [0.15, 0.2) is 0 Å². The Morgan fingerprint density at radius 3 is 2.35 bits per heavy atom. The summed E-state index contributed by atoms with van der Waals surface area (Å²) >= 11 is 5.00. The van der Waals surface area contributed by atoms with Crippen LogP contribution in [0.4, 0.5) is 0 Å². The number of amides is 1. The second-order valence-electron chi connectivity index (χ2n) is 6.14. The van der Waals surface area contributed by atoms with Crippen molar-refractivity contribution in [2.75, 3.05) is 32.7 Å². The molecule has 4 nitrogen and oxygen atoms in total. The van der Waals surface area contributed by atoms with Crippen LogP contribution in [0.2, 0.25) is 0 Å². The predicted molar refractivity (Wildman–Crippen MR) is 85.5 cm³/mol. The first-order valence-electron chi connectivity index (χ1n) is 7.92. The molecular weight excluding hydrogens is 270 g/mol. The van der Waals surface area contributed by atoms with E-state index in [-0.39, 0.29) is 11.8 Å². The smallest absolute Gasteiger partial charge is 0.232 e. The zero-order valence-electron chi connectivity index (χ0n) is 12.5. The first-order chi connectivity index (χ1) is 9.61. The van der Waals surface area contributed by atoms with E-state index in [4.69, 9.17) is 18.0 Å². The minimum absolute atomic E-state index is 0.139. The highest BCUT2D eigenvalue weighted by molar-refractivity contribution is 7.80. The molecular formula is C15H27N3OS. The van der Waals surface area contributed by atoms with E-state index >= 15 is 0 Å². The van der Waals surface area contributed by atoms with E-state index in [9.17, 15) is 4.79 Å². The summed E-state index contributed by atoms with van der Waals surface area (Å²) in [6.45, 7) is 7.46. The topological polar surface area (TPSA) is 49.6 Å². The molecule has 1 atom stereocenters. The number of hydrogen-bond acceptors (Lipinski definition) is 3. The number of hydrogen-bond donors (Lipinski definition) is 1. The summed E-state index contributed by atoms with van der Waals surface area (Å²) < 4.78 is 0. The van der Waals surface area contributed by atoms with Crippen LogP contribution in [0.25, 0.3) is 0 Å². The number of likely N-dealkylation sites (tertiary alicyclic amines) is 2. The van der Waals surface area contributed by atoms with E-state index in [1.807, 2.05) is 11.8 Å². The van der Waals surface area contributed by atoms with Crippen molar-refractivity contribution in [3.05, 3.63) is 0 Å². The van der Waals surface area contributed by atoms with Crippen molar-refractivity contribution in [1.29, 1.82) is 0 Å². The Kier molecular flexibility index (Phi) is 5.78. The van der Waals surface area contributed by atoms with E-state index in [2.05, 4.69) is 4.90 Å². The van der Waals surface area contributed by atoms with Crippen molar-refractivity contribution in [2.24, 2.45) is 17.6 Å². The molecule has 0 aromatic rings. The summed E-state index contributed by atoms with van der Waals surface area (Å²) in [5.74, 6) is 0.627. The molecule has 5 heteroatoms. The van der Waals surface area contributed by atoms with Crippen molar-refractivity contribution in [2.45, 2.75) is 39.0 Å². The Labute approximate surface area is 127 Å². The molecule has 0 spiro atoms. The standard InChI is InChI=1S/C15H27N3OS/c1-2-13(14(16)20)15(19)18-9-5-12(6-10-18)11-17-7-3-4-8-17/h12-13H,2-11H2,1H3,(H2,16,20). The monoisotopic (exact) mass is 297 g/mol. The fourth-order valence-corrected chi connectivity index (χ4v) is 3.65. The highest BCUT2D eigenvalue weighted by atomic mass is 32.1. The average molecular weight is 297 g/mol.